The number of ether oxygens (including phenoxy) is 2. The molecule has 0 bridgehead atoms. The van der Waals surface area contributed by atoms with Crippen LogP contribution in [0.3, 0.4) is 0 Å². The number of hydrogen-bond donors (Lipinski definition) is 1. The number of para-hydroxylation sites is 1. The van der Waals surface area contributed by atoms with E-state index in [-0.39, 0.29) is 30.7 Å². The molecule has 0 radical (unpaired) electrons. The van der Waals surface area contributed by atoms with Crippen molar-refractivity contribution in [1.29, 1.82) is 0 Å². The van der Waals surface area contributed by atoms with Crippen LogP contribution in [0.25, 0.3) is 0 Å². The third-order valence-corrected chi connectivity index (χ3v) is 4.96. The van der Waals surface area contributed by atoms with Crippen molar-refractivity contribution in [3.8, 4) is 11.5 Å². The molecule has 9 heteroatoms. The number of rotatable bonds is 6. The van der Waals surface area contributed by atoms with Crippen molar-refractivity contribution in [2.24, 2.45) is 0 Å². The Kier molecular flexibility index (Phi) is 10.4. The number of nitrogen functional groups attached to an aromatic ring is 1. The molecule has 3 rings (SSSR count). The number of nitrogens with zero attached hydrogens (tertiary/aromatic N) is 2. The molecule has 0 unspecified atom stereocenters. The largest absolute Gasteiger partial charge is 0.496 e. The maximum Gasteiger partial charge on any atom is 0.257 e. The van der Waals surface area contributed by atoms with E-state index in [1.54, 1.807) is 12.1 Å². The summed E-state index contributed by atoms with van der Waals surface area (Å²) >= 11 is 6.08. The molecule has 1 fully saturated rings. The summed E-state index contributed by atoms with van der Waals surface area (Å²) < 4.78 is 11.0. The number of methoxy groups -OCH3 is 1. The van der Waals surface area contributed by atoms with Gasteiger partial charge in [0, 0.05) is 38.8 Å². The van der Waals surface area contributed by atoms with Gasteiger partial charge >= 0.3 is 0 Å². The second-order valence-corrected chi connectivity index (χ2v) is 6.78. The van der Waals surface area contributed by atoms with Crippen LogP contribution < -0.4 is 15.2 Å². The fraction of sp³-hybridized carbons (Fsp3) is 0.350. The molecule has 2 aromatic carbocycles. The number of carbonyl (C=O) groups is 1. The normalized spacial score (nSPS) is 13.8. The molecule has 2 aromatic rings. The predicted molar refractivity (Wildman–Crippen MR) is 121 cm³/mol. The summed E-state index contributed by atoms with van der Waals surface area (Å²) in [5, 5.41) is 0.357. The lowest BCUT2D eigenvalue weighted by Gasteiger charge is -2.34. The van der Waals surface area contributed by atoms with Crippen LogP contribution in [-0.4, -0.2) is 62.1 Å². The first-order chi connectivity index (χ1) is 13.1. The van der Waals surface area contributed by atoms with Crippen LogP contribution in [0.4, 0.5) is 5.69 Å². The van der Waals surface area contributed by atoms with Gasteiger partial charge in [0.2, 0.25) is 0 Å². The highest BCUT2D eigenvalue weighted by Gasteiger charge is 2.25. The van der Waals surface area contributed by atoms with E-state index in [9.17, 15) is 4.79 Å². The van der Waals surface area contributed by atoms with E-state index in [1.807, 2.05) is 35.2 Å². The van der Waals surface area contributed by atoms with Gasteiger partial charge in [-0.05, 0) is 18.2 Å². The minimum atomic E-state index is -0.0889. The van der Waals surface area contributed by atoms with Gasteiger partial charge in [0.25, 0.3) is 5.91 Å². The lowest BCUT2D eigenvalue weighted by molar-refractivity contribution is 0.0617. The van der Waals surface area contributed by atoms with Crippen molar-refractivity contribution in [3.63, 3.8) is 0 Å². The van der Waals surface area contributed by atoms with Gasteiger partial charge in [-0.3, -0.25) is 9.69 Å². The highest BCUT2D eigenvalue weighted by molar-refractivity contribution is 6.33. The number of hydrogen-bond acceptors (Lipinski definition) is 5. The molecule has 1 heterocycles. The number of nitrogens with two attached hydrogens (primary N) is 1. The molecule has 1 amide bonds. The van der Waals surface area contributed by atoms with E-state index >= 15 is 0 Å². The lowest BCUT2D eigenvalue weighted by Crippen LogP contribution is -2.49. The van der Waals surface area contributed by atoms with Gasteiger partial charge in [-0.1, -0.05) is 29.8 Å². The average molecular weight is 463 g/mol. The summed E-state index contributed by atoms with van der Waals surface area (Å²) in [4.78, 5) is 17.0. The van der Waals surface area contributed by atoms with Crippen molar-refractivity contribution in [3.05, 3.63) is 53.1 Å². The van der Waals surface area contributed by atoms with Crippen LogP contribution in [0.15, 0.2) is 42.5 Å². The Hall–Kier alpha value is -1.86. The van der Waals surface area contributed by atoms with E-state index in [0.717, 1.165) is 25.4 Å². The molecule has 0 aliphatic carbocycles. The van der Waals surface area contributed by atoms with Crippen LogP contribution in [0, 0.1) is 0 Å². The smallest absolute Gasteiger partial charge is 0.257 e. The second kappa shape index (κ2) is 12.0. The molecule has 0 atom stereocenters. The maximum absolute atomic E-state index is 12.9. The first-order valence-electron chi connectivity index (χ1n) is 8.91. The molecule has 0 aromatic heterocycles. The number of carbonyl (C=O) groups excluding carboxylic acids is 1. The number of piperazine rings is 1. The van der Waals surface area contributed by atoms with Gasteiger partial charge in [-0.2, -0.15) is 0 Å². The van der Waals surface area contributed by atoms with E-state index < -0.39 is 0 Å². The van der Waals surface area contributed by atoms with E-state index in [2.05, 4.69) is 4.90 Å². The quantitative estimate of drug-likeness (QED) is 0.664. The SMILES string of the molecule is COc1cc(N)c(Cl)cc1C(=O)N1CCN(CCOc2ccccc2)CC1.Cl.Cl. The van der Waals surface area contributed by atoms with Crippen molar-refractivity contribution in [2.75, 3.05) is 52.2 Å². The summed E-state index contributed by atoms with van der Waals surface area (Å²) in [6.07, 6.45) is 0. The molecule has 0 saturated carbocycles. The van der Waals surface area contributed by atoms with Gasteiger partial charge < -0.3 is 20.1 Å². The third kappa shape index (κ3) is 6.57. The summed E-state index contributed by atoms with van der Waals surface area (Å²) in [7, 11) is 1.52. The highest BCUT2D eigenvalue weighted by Crippen LogP contribution is 2.30. The van der Waals surface area contributed by atoms with Crippen LogP contribution in [-0.2, 0) is 0 Å². The zero-order chi connectivity index (χ0) is 19.2. The number of anilines is 1. The van der Waals surface area contributed by atoms with Gasteiger partial charge in [-0.15, -0.1) is 24.8 Å². The molecular formula is C20H26Cl3N3O3. The number of amides is 1. The Balaban J connectivity index is 0.00000210. The van der Waals surface area contributed by atoms with Crippen LogP contribution in [0.5, 0.6) is 11.5 Å². The number of halogens is 3. The van der Waals surface area contributed by atoms with Crippen molar-refractivity contribution >= 4 is 48.0 Å². The fourth-order valence-electron chi connectivity index (χ4n) is 3.06. The van der Waals surface area contributed by atoms with Crippen LogP contribution in [0.2, 0.25) is 5.02 Å². The summed E-state index contributed by atoms with van der Waals surface area (Å²) in [6.45, 7) is 4.35. The summed E-state index contributed by atoms with van der Waals surface area (Å²) in [5.74, 6) is 1.23. The van der Waals surface area contributed by atoms with Crippen LogP contribution >= 0.6 is 36.4 Å². The predicted octanol–water partition coefficient (Wildman–Crippen LogP) is 3.61. The summed E-state index contributed by atoms with van der Waals surface area (Å²) in [5.41, 5.74) is 6.63. The van der Waals surface area contributed by atoms with Gasteiger partial charge in [0.05, 0.1) is 23.4 Å². The molecule has 160 valence electrons. The molecule has 1 aliphatic rings. The first-order valence-corrected chi connectivity index (χ1v) is 9.29. The monoisotopic (exact) mass is 461 g/mol. The molecule has 2 N–H and O–H groups in total. The average Bonchev–Trinajstić information content (AvgIpc) is 2.70. The molecule has 29 heavy (non-hydrogen) atoms. The third-order valence-electron chi connectivity index (χ3n) is 4.63. The van der Waals surface area contributed by atoms with Gasteiger partial charge in [-0.25, -0.2) is 0 Å². The molecular weight excluding hydrogens is 437 g/mol. The van der Waals surface area contributed by atoms with E-state index in [1.165, 1.54) is 7.11 Å². The minimum absolute atomic E-state index is 0. The Bertz CT molecular complexity index is 785. The van der Waals surface area contributed by atoms with Crippen LogP contribution in [0.1, 0.15) is 10.4 Å². The minimum Gasteiger partial charge on any atom is -0.496 e. The van der Waals surface area contributed by atoms with Gasteiger partial charge in [0.1, 0.15) is 18.1 Å². The second-order valence-electron chi connectivity index (χ2n) is 6.37. The lowest BCUT2D eigenvalue weighted by atomic mass is 10.1. The first kappa shape index (κ1) is 25.2. The Morgan fingerprint density at radius 1 is 1.10 bits per heavy atom. The number of benzene rings is 2. The summed E-state index contributed by atoms with van der Waals surface area (Å²) in [6, 6.07) is 12.9. The van der Waals surface area contributed by atoms with Gasteiger partial charge in [0.15, 0.2) is 0 Å². The molecule has 1 saturated heterocycles. The topological polar surface area (TPSA) is 68.0 Å². The Morgan fingerprint density at radius 2 is 1.76 bits per heavy atom. The molecule has 1 aliphatic heterocycles. The Morgan fingerprint density at radius 3 is 2.38 bits per heavy atom. The standard InChI is InChI=1S/C20H24ClN3O3.2ClH/c1-26-19-14-18(22)17(21)13-16(19)20(25)24-9-7-23(8-10-24)11-12-27-15-5-3-2-4-6-15;;/h2-6,13-14H,7-12,22H2,1H3;2*1H. The van der Waals surface area contributed by atoms with Crippen molar-refractivity contribution in [1.82, 2.24) is 9.80 Å². The van der Waals surface area contributed by atoms with Crippen molar-refractivity contribution in [2.45, 2.75) is 0 Å². The molecule has 0 spiro atoms. The zero-order valence-corrected chi connectivity index (χ0v) is 18.6. The highest BCUT2D eigenvalue weighted by atomic mass is 35.5. The van der Waals surface area contributed by atoms with Crippen molar-refractivity contribution < 1.29 is 14.3 Å². The maximum atomic E-state index is 12.9. The Labute approximate surface area is 188 Å². The van der Waals surface area contributed by atoms with E-state index in [4.69, 9.17) is 26.8 Å². The fourth-order valence-corrected chi connectivity index (χ4v) is 3.22. The molecule has 6 nitrogen and oxygen atoms in total. The van der Waals surface area contributed by atoms with E-state index in [0.29, 0.717) is 41.7 Å². The zero-order valence-electron chi connectivity index (χ0n) is 16.2.